The van der Waals surface area contributed by atoms with Crippen LogP contribution in [0.4, 0.5) is 5.69 Å². The molecule has 0 amide bonds. The molecule has 0 aliphatic carbocycles. The lowest BCUT2D eigenvalue weighted by molar-refractivity contribution is -0.137. The second kappa shape index (κ2) is 12.0. The summed E-state index contributed by atoms with van der Waals surface area (Å²) in [6.45, 7) is 9.07. The number of carboxylic acids is 1. The number of fused-ring (bicyclic) bond motifs is 1. The summed E-state index contributed by atoms with van der Waals surface area (Å²) in [5, 5.41) is 20.8. The summed E-state index contributed by atoms with van der Waals surface area (Å²) in [7, 11) is 1.87. The highest BCUT2D eigenvalue weighted by Gasteiger charge is 2.24. The number of nitrogens with zero attached hydrogens (tertiary/aromatic N) is 3. The van der Waals surface area contributed by atoms with Gasteiger partial charge < -0.3 is 14.8 Å². The average Bonchev–Trinajstić information content (AvgIpc) is 3.09. The normalized spacial score (nSPS) is 12.9. The Kier molecular flexibility index (Phi) is 9.02. The van der Waals surface area contributed by atoms with Crippen molar-refractivity contribution in [2.75, 3.05) is 0 Å². The number of halogens is 1. The Morgan fingerprint density at radius 1 is 1.17 bits per heavy atom. The Morgan fingerprint density at radius 3 is 2.54 bits per heavy atom. The van der Waals surface area contributed by atoms with Gasteiger partial charge in [0.2, 0.25) is 5.69 Å². The van der Waals surface area contributed by atoms with Crippen molar-refractivity contribution in [2.45, 2.75) is 58.0 Å². The number of hydrogen-bond donors (Lipinski definition) is 2. The molecule has 2 aromatic heterocycles. The molecule has 0 spiro atoms. The third-order valence-electron chi connectivity index (χ3n) is 6.24. The quantitative estimate of drug-likeness (QED) is 0.174. The summed E-state index contributed by atoms with van der Waals surface area (Å²) in [6, 6.07) is 8.88. The summed E-state index contributed by atoms with van der Waals surface area (Å²) >= 11 is 5.91. The van der Waals surface area contributed by atoms with Gasteiger partial charge in [-0.05, 0) is 48.9 Å². The molecule has 1 aromatic carbocycles. The molecule has 0 aliphatic rings. The van der Waals surface area contributed by atoms with Crippen LogP contribution in [0, 0.1) is 12.5 Å². The molecule has 184 valence electrons. The number of Topliss-reactive ketones (excluding diaryl/α,β-unsaturated/α-hetero) is 1. The molecule has 0 aliphatic heterocycles. The number of benzene rings is 1. The molecule has 0 fully saturated rings. The minimum Gasteiger partial charge on any atom is -0.481 e. The van der Waals surface area contributed by atoms with Crippen molar-refractivity contribution in [3.63, 3.8) is 0 Å². The van der Waals surface area contributed by atoms with Crippen LogP contribution in [0.15, 0.2) is 36.5 Å². The third-order valence-corrected chi connectivity index (χ3v) is 6.50. The first-order valence-corrected chi connectivity index (χ1v) is 12.1. The van der Waals surface area contributed by atoms with E-state index in [4.69, 9.17) is 23.3 Å². The summed E-state index contributed by atoms with van der Waals surface area (Å²) in [5.74, 6) is -1.35. The zero-order chi connectivity index (χ0) is 25.5. The predicted molar refractivity (Wildman–Crippen MR) is 136 cm³/mol. The molecule has 2 atom stereocenters. The average molecular weight is 496 g/mol. The Labute approximate surface area is 210 Å². The number of aliphatic carboxylic acids is 1. The van der Waals surface area contributed by atoms with Crippen molar-refractivity contribution >= 4 is 40.1 Å². The molecule has 8 heteroatoms. The number of aryl methyl sites for hydroxylation is 1. The Morgan fingerprint density at radius 2 is 1.89 bits per heavy atom. The van der Waals surface area contributed by atoms with Crippen LogP contribution in [-0.2, 0) is 18.3 Å². The van der Waals surface area contributed by atoms with E-state index in [1.807, 2.05) is 23.7 Å². The summed E-state index contributed by atoms with van der Waals surface area (Å²) in [5.41, 5.74) is 3.23. The van der Waals surface area contributed by atoms with Crippen LogP contribution in [0.5, 0.6) is 0 Å². The van der Waals surface area contributed by atoms with E-state index in [0.717, 1.165) is 30.5 Å². The van der Waals surface area contributed by atoms with Gasteiger partial charge in [0.15, 0.2) is 5.78 Å². The van der Waals surface area contributed by atoms with Crippen LogP contribution in [0.1, 0.15) is 73.2 Å². The maximum atomic E-state index is 13.3. The van der Waals surface area contributed by atoms with Gasteiger partial charge in [-0.1, -0.05) is 43.5 Å². The molecule has 3 aromatic rings. The zero-order valence-corrected chi connectivity index (χ0v) is 20.8. The fourth-order valence-corrected chi connectivity index (χ4v) is 4.59. The van der Waals surface area contributed by atoms with Gasteiger partial charge in [0.05, 0.1) is 12.7 Å². The minimum atomic E-state index is -0.929. The predicted octanol–water partition coefficient (Wildman–Crippen LogP) is 6.30. The van der Waals surface area contributed by atoms with Gasteiger partial charge in [-0.3, -0.25) is 9.59 Å². The van der Waals surface area contributed by atoms with Crippen LogP contribution in [-0.4, -0.2) is 31.5 Å². The zero-order valence-electron chi connectivity index (χ0n) is 20.0. The van der Waals surface area contributed by atoms with E-state index in [1.165, 1.54) is 6.20 Å². The van der Waals surface area contributed by atoms with E-state index in [-0.39, 0.29) is 24.5 Å². The number of hydrogen-bond acceptors (Lipinski definition) is 4. The second-order valence-corrected chi connectivity index (χ2v) is 9.49. The second-order valence-electron chi connectivity index (χ2n) is 9.05. The summed E-state index contributed by atoms with van der Waals surface area (Å²) < 4.78 is 1.90. The fraction of sp³-hybridized carbons (Fsp3) is 0.407. The van der Waals surface area contributed by atoms with Crippen molar-refractivity contribution in [1.82, 2.24) is 9.55 Å². The molecule has 0 saturated heterocycles. The lowest BCUT2D eigenvalue weighted by Crippen LogP contribution is -2.12. The first-order chi connectivity index (χ1) is 16.7. The van der Waals surface area contributed by atoms with Crippen molar-refractivity contribution in [2.24, 2.45) is 13.0 Å². The fourth-order valence-electron chi connectivity index (χ4n) is 4.46. The van der Waals surface area contributed by atoms with Gasteiger partial charge in [0.25, 0.3) is 0 Å². The van der Waals surface area contributed by atoms with Crippen LogP contribution in [0.2, 0.25) is 5.02 Å². The Balaban J connectivity index is 1.72. The van der Waals surface area contributed by atoms with Crippen LogP contribution in [0.25, 0.3) is 15.9 Å². The van der Waals surface area contributed by atoms with Gasteiger partial charge >= 0.3 is 5.97 Å². The number of ketones is 1. The van der Waals surface area contributed by atoms with E-state index in [9.17, 15) is 14.7 Å². The van der Waals surface area contributed by atoms with Crippen molar-refractivity contribution in [3.05, 3.63) is 69.8 Å². The number of aliphatic hydroxyl groups excluding tert-OH is 1. The number of aromatic nitrogens is 2. The highest BCUT2D eigenvalue weighted by atomic mass is 35.5. The number of carbonyl (C=O) groups excluding carboxylic acids is 1. The molecule has 0 radical (unpaired) electrons. The number of carboxylic acid groups (broad SMARTS) is 1. The lowest BCUT2D eigenvalue weighted by Gasteiger charge is -2.12. The number of rotatable bonds is 12. The van der Waals surface area contributed by atoms with Crippen molar-refractivity contribution in [3.8, 4) is 0 Å². The molecule has 35 heavy (non-hydrogen) atoms. The molecular weight excluding hydrogens is 466 g/mol. The maximum Gasteiger partial charge on any atom is 0.303 e. The molecule has 2 N–H and O–H groups in total. The lowest BCUT2D eigenvalue weighted by atomic mass is 9.94. The van der Waals surface area contributed by atoms with Gasteiger partial charge in [0.1, 0.15) is 5.65 Å². The summed E-state index contributed by atoms with van der Waals surface area (Å²) in [4.78, 5) is 32.2. The molecule has 0 bridgehead atoms. The number of unbranched alkanes of at least 4 members (excludes halogenated alkanes) is 2. The highest BCUT2D eigenvalue weighted by molar-refractivity contribution is 6.30. The largest absolute Gasteiger partial charge is 0.481 e. The van der Waals surface area contributed by atoms with Crippen molar-refractivity contribution < 1.29 is 19.8 Å². The number of carbonyl (C=O) groups is 2. The van der Waals surface area contributed by atoms with Crippen LogP contribution in [0.3, 0.4) is 0 Å². The SMILES string of the molecule is [C-]#[N+]c1cnc2c(c1)c(C(=O)CC(C)CC(=O)O)c(CCCCCC(O)c1ccc(Cl)cc1)n2C. The number of pyridine rings is 1. The molecule has 2 heterocycles. The topological polar surface area (TPSA) is 96.8 Å². The van der Waals surface area contributed by atoms with E-state index in [2.05, 4.69) is 9.83 Å². The van der Waals surface area contributed by atoms with E-state index >= 15 is 0 Å². The highest BCUT2D eigenvalue weighted by Crippen LogP contribution is 2.31. The van der Waals surface area contributed by atoms with Gasteiger partial charge in [-0.15, -0.1) is 0 Å². The van der Waals surface area contributed by atoms with E-state index in [0.29, 0.717) is 40.1 Å². The van der Waals surface area contributed by atoms with E-state index in [1.54, 1.807) is 25.1 Å². The summed E-state index contributed by atoms with van der Waals surface area (Å²) in [6.07, 6.45) is 4.78. The first kappa shape index (κ1) is 26.4. The Hall–Kier alpha value is -3.21. The Bertz CT molecular complexity index is 1240. The molecule has 7 nitrogen and oxygen atoms in total. The molecule has 3 rings (SSSR count). The van der Waals surface area contributed by atoms with Crippen molar-refractivity contribution in [1.29, 1.82) is 0 Å². The molecule has 2 unspecified atom stereocenters. The van der Waals surface area contributed by atoms with E-state index < -0.39 is 12.1 Å². The first-order valence-electron chi connectivity index (χ1n) is 11.7. The van der Waals surface area contributed by atoms with Gasteiger partial charge in [0, 0.05) is 47.8 Å². The monoisotopic (exact) mass is 495 g/mol. The van der Waals surface area contributed by atoms with Crippen LogP contribution < -0.4 is 0 Å². The molecular formula is C27H30ClN3O4. The number of aliphatic hydroxyl groups is 1. The smallest absolute Gasteiger partial charge is 0.303 e. The molecule has 0 saturated carbocycles. The van der Waals surface area contributed by atoms with Gasteiger partial charge in [-0.2, -0.15) is 0 Å². The minimum absolute atomic E-state index is 0.0761. The maximum absolute atomic E-state index is 13.3. The third kappa shape index (κ3) is 6.68. The van der Waals surface area contributed by atoms with Crippen LogP contribution >= 0.6 is 11.6 Å². The van der Waals surface area contributed by atoms with Gasteiger partial charge in [-0.25, -0.2) is 9.83 Å². The standard InChI is InChI=1S/C27H30ClN3O4/c1-17(14-25(34)35)13-24(33)26-21-15-20(29-2)16-30-27(21)31(3)22(26)7-5-4-6-8-23(32)18-9-11-19(28)12-10-18/h9-12,15-17,23,32H,4-8,13-14H2,1,3H3,(H,34,35).